The molecule has 0 bridgehead atoms. The van der Waals surface area contributed by atoms with Gasteiger partial charge in [0.2, 0.25) is 10.0 Å². The second-order valence-corrected chi connectivity index (χ2v) is 6.91. The minimum atomic E-state index is -3.42. The predicted molar refractivity (Wildman–Crippen MR) is 78.5 cm³/mol. The zero-order valence-corrected chi connectivity index (χ0v) is 12.8. The largest absolute Gasteiger partial charge is 0.497 e. The van der Waals surface area contributed by atoms with Gasteiger partial charge >= 0.3 is 0 Å². The molecule has 20 heavy (non-hydrogen) atoms. The highest BCUT2D eigenvalue weighted by Crippen LogP contribution is 2.18. The van der Waals surface area contributed by atoms with Gasteiger partial charge in [-0.1, -0.05) is 0 Å². The van der Waals surface area contributed by atoms with Crippen molar-refractivity contribution in [2.45, 2.75) is 30.2 Å². The molecule has 1 N–H and O–H groups in total. The monoisotopic (exact) mass is 298 g/mol. The maximum atomic E-state index is 12.1. The van der Waals surface area contributed by atoms with Crippen LogP contribution in [0.5, 0.6) is 5.75 Å². The van der Waals surface area contributed by atoms with Crippen LogP contribution in [0.1, 0.15) is 19.3 Å². The van der Waals surface area contributed by atoms with Gasteiger partial charge < -0.3 is 9.64 Å². The van der Waals surface area contributed by atoms with Crippen molar-refractivity contribution in [1.29, 1.82) is 0 Å². The molecular formula is C14H22N2O3S. The number of benzene rings is 1. The summed E-state index contributed by atoms with van der Waals surface area (Å²) in [5.74, 6) is 0.650. The van der Waals surface area contributed by atoms with Crippen LogP contribution in [0.25, 0.3) is 0 Å². The number of ether oxygens (including phenoxy) is 1. The Morgan fingerprint density at radius 2 is 2.05 bits per heavy atom. The third kappa shape index (κ3) is 3.71. The first-order valence-corrected chi connectivity index (χ1v) is 8.35. The molecule has 0 aromatic heterocycles. The highest BCUT2D eigenvalue weighted by molar-refractivity contribution is 7.89. The Labute approximate surface area is 121 Å². The van der Waals surface area contributed by atoms with E-state index in [1.54, 1.807) is 31.4 Å². The summed E-state index contributed by atoms with van der Waals surface area (Å²) in [6.45, 7) is 1.58. The lowest BCUT2D eigenvalue weighted by Crippen LogP contribution is -2.31. The fourth-order valence-electron chi connectivity index (χ4n) is 2.54. The molecule has 0 saturated carbocycles. The van der Waals surface area contributed by atoms with Crippen LogP contribution in [-0.2, 0) is 10.0 Å². The van der Waals surface area contributed by atoms with Gasteiger partial charge in [-0.2, -0.15) is 0 Å². The molecule has 2 rings (SSSR count). The van der Waals surface area contributed by atoms with E-state index in [0.717, 1.165) is 19.4 Å². The van der Waals surface area contributed by atoms with Crippen molar-refractivity contribution in [3.63, 3.8) is 0 Å². The molecule has 5 nitrogen and oxygen atoms in total. The highest BCUT2D eigenvalue weighted by atomic mass is 32.2. The summed E-state index contributed by atoms with van der Waals surface area (Å²) in [5.41, 5.74) is 0. The number of sulfonamides is 1. The van der Waals surface area contributed by atoms with E-state index in [1.807, 2.05) is 0 Å². The Kier molecular flexibility index (Phi) is 5.01. The third-order valence-electron chi connectivity index (χ3n) is 3.81. The first-order valence-electron chi connectivity index (χ1n) is 6.87. The van der Waals surface area contributed by atoms with Crippen molar-refractivity contribution >= 4 is 10.0 Å². The van der Waals surface area contributed by atoms with Gasteiger partial charge in [-0.25, -0.2) is 13.1 Å². The summed E-state index contributed by atoms with van der Waals surface area (Å²) in [6.07, 6.45) is 3.21. The minimum absolute atomic E-state index is 0.276. The zero-order chi connectivity index (χ0) is 14.6. The van der Waals surface area contributed by atoms with Crippen LogP contribution in [0.15, 0.2) is 29.2 Å². The van der Waals surface area contributed by atoms with Crippen LogP contribution in [0.4, 0.5) is 0 Å². The summed E-state index contributed by atoms with van der Waals surface area (Å²) in [7, 11) is 0.230. The Morgan fingerprint density at radius 1 is 1.35 bits per heavy atom. The van der Waals surface area contributed by atoms with Gasteiger partial charge in [-0.15, -0.1) is 0 Å². The Bertz CT molecular complexity index is 528. The Hall–Kier alpha value is -1.11. The van der Waals surface area contributed by atoms with E-state index >= 15 is 0 Å². The first-order chi connectivity index (χ1) is 9.53. The molecule has 1 aliphatic rings. The average Bonchev–Trinajstić information content (AvgIpc) is 2.84. The van der Waals surface area contributed by atoms with Gasteiger partial charge in [-0.05, 0) is 57.1 Å². The minimum Gasteiger partial charge on any atom is -0.497 e. The van der Waals surface area contributed by atoms with Crippen molar-refractivity contribution in [2.24, 2.45) is 0 Å². The molecule has 1 saturated heterocycles. The fraction of sp³-hybridized carbons (Fsp3) is 0.571. The molecule has 6 heteroatoms. The van der Waals surface area contributed by atoms with E-state index < -0.39 is 10.0 Å². The lowest BCUT2D eigenvalue weighted by molar-refractivity contribution is 0.297. The van der Waals surface area contributed by atoms with Crippen LogP contribution in [0.3, 0.4) is 0 Å². The Balaban J connectivity index is 1.89. The summed E-state index contributed by atoms with van der Waals surface area (Å²) in [4.78, 5) is 2.57. The number of hydrogen-bond donors (Lipinski definition) is 1. The fourth-order valence-corrected chi connectivity index (χ4v) is 3.59. The van der Waals surface area contributed by atoms with E-state index in [9.17, 15) is 8.42 Å². The van der Waals surface area contributed by atoms with E-state index in [2.05, 4.69) is 16.7 Å². The van der Waals surface area contributed by atoms with Crippen LogP contribution in [-0.4, -0.2) is 46.6 Å². The number of nitrogens with one attached hydrogen (secondary N) is 1. The van der Waals surface area contributed by atoms with Gasteiger partial charge in [0.1, 0.15) is 5.75 Å². The van der Waals surface area contributed by atoms with Crippen LogP contribution in [0.2, 0.25) is 0 Å². The molecule has 112 valence electrons. The zero-order valence-electron chi connectivity index (χ0n) is 12.0. The first kappa shape index (κ1) is 15.3. The molecular weight excluding hydrogens is 276 g/mol. The summed E-state index contributed by atoms with van der Waals surface area (Å²) < 4.78 is 31.9. The summed E-state index contributed by atoms with van der Waals surface area (Å²) in [6, 6.07) is 6.92. The SMILES string of the molecule is COc1ccc(S(=O)(=O)NCC[C@H]2CCCN2C)cc1. The summed E-state index contributed by atoms with van der Waals surface area (Å²) >= 11 is 0. The highest BCUT2D eigenvalue weighted by Gasteiger charge is 2.21. The number of likely N-dealkylation sites (tertiary alicyclic amines) is 1. The lowest BCUT2D eigenvalue weighted by atomic mass is 10.1. The summed E-state index contributed by atoms with van der Waals surface area (Å²) in [5, 5.41) is 0. The second kappa shape index (κ2) is 6.56. The van der Waals surface area contributed by atoms with E-state index in [-0.39, 0.29) is 4.90 Å². The molecule has 0 unspecified atom stereocenters. The molecule has 0 amide bonds. The van der Waals surface area contributed by atoms with Gasteiger partial charge in [0.05, 0.1) is 12.0 Å². The third-order valence-corrected chi connectivity index (χ3v) is 5.29. The molecule has 1 atom stereocenters. The van der Waals surface area contributed by atoms with Crippen molar-refractivity contribution < 1.29 is 13.2 Å². The van der Waals surface area contributed by atoms with Crippen LogP contribution < -0.4 is 9.46 Å². The van der Waals surface area contributed by atoms with Crippen LogP contribution >= 0.6 is 0 Å². The average molecular weight is 298 g/mol. The Morgan fingerprint density at radius 3 is 2.60 bits per heavy atom. The molecule has 1 aliphatic heterocycles. The lowest BCUT2D eigenvalue weighted by Gasteiger charge is -2.19. The number of hydrogen-bond acceptors (Lipinski definition) is 4. The molecule has 1 fully saturated rings. The second-order valence-electron chi connectivity index (χ2n) is 5.14. The standard InChI is InChI=1S/C14H22N2O3S/c1-16-11-3-4-12(16)9-10-15-20(17,18)14-7-5-13(19-2)6-8-14/h5-8,12,15H,3-4,9-11H2,1-2H3/t12-/m1/s1. The molecule has 1 aromatic carbocycles. The molecule has 0 radical (unpaired) electrons. The van der Waals surface area contributed by atoms with E-state index in [4.69, 9.17) is 4.74 Å². The smallest absolute Gasteiger partial charge is 0.240 e. The molecule has 0 aliphatic carbocycles. The molecule has 0 spiro atoms. The topological polar surface area (TPSA) is 58.6 Å². The van der Waals surface area contributed by atoms with Gasteiger partial charge in [0, 0.05) is 12.6 Å². The van der Waals surface area contributed by atoms with Crippen molar-refractivity contribution in [1.82, 2.24) is 9.62 Å². The normalized spacial score (nSPS) is 20.2. The van der Waals surface area contributed by atoms with Crippen molar-refractivity contribution in [3.8, 4) is 5.75 Å². The van der Waals surface area contributed by atoms with Gasteiger partial charge in [0.25, 0.3) is 0 Å². The quantitative estimate of drug-likeness (QED) is 0.864. The van der Waals surface area contributed by atoms with Gasteiger partial charge in [0.15, 0.2) is 0 Å². The molecule has 1 aromatic rings. The number of rotatable bonds is 6. The number of methoxy groups -OCH3 is 1. The maximum Gasteiger partial charge on any atom is 0.240 e. The van der Waals surface area contributed by atoms with Crippen molar-refractivity contribution in [3.05, 3.63) is 24.3 Å². The van der Waals surface area contributed by atoms with E-state index in [0.29, 0.717) is 18.3 Å². The molecule has 1 heterocycles. The maximum absolute atomic E-state index is 12.1. The van der Waals surface area contributed by atoms with Gasteiger partial charge in [-0.3, -0.25) is 0 Å². The van der Waals surface area contributed by atoms with E-state index in [1.165, 1.54) is 6.42 Å². The van der Waals surface area contributed by atoms with Crippen molar-refractivity contribution in [2.75, 3.05) is 27.2 Å². The predicted octanol–water partition coefficient (Wildman–Crippen LogP) is 1.46. The van der Waals surface area contributed by atoms with Crippen LogP contribution in [0, 0.1) is 0 Å². The number of nitrogens with zero attached hydrogens (tertiary/aromatic N) is 1.